The minimum atomic E-state index is 0.163. The lowest BCUT2D eigenvalue weighted by atomic mass is 9.97. The Hall–Kier alpha value is -2.88. The van der Waals surface area contributed by atoms with Crippen molar-refractivity contribution in [3.63, 3.8) is 0 Å². The summed E-state index contributed by atoms with van der Waals surface area (Å²) < 4.78 is 5.21. The van der Waals surface area contributed by atoms with Crippen molar-refractivity contribution in [3.8, 4) is 11.1 Å². The number of fused-ring (bicyclic) bond motifs is 3. The monoisotopic (exact) mass is 346 g/mol. The van der Waals surface area contributed by atoms with Crippen molar-refractivity contribution >= 4 is 5.91 Å². The summed E-state index contributed by atoms with van der Waals surface area (Å²) in [7, 11) is 0. The van der Waals surface area contributed by atoms with Gasteiger partial charge >= 0.3 is 0 Å². The van der Waals surface area contributed by atoms with Gasteiger partial charge in [-0.25, -0.2) is 0 Å². The Morgan fingerprint density at radius 1 is 1.00 bits per heavy atom. The molecule has 0 saturated carbocycles. The van der Waals surface area contributed by atoms with E-state index in [-0.39, 0.29) is 5.91 Å². The van der Waals surface area contributed by atoms with Gasteiger partial charge in [0.2, 0.25) is 5.91 Å². The summed E-state index contributed by atoms with van der Waals surface area (Å²) in [5.74, 6) is 0.971. The highest BCUT2D eigenvalue weighted by Crippen LogP contribution is 2.32. The number of hydrogen-bond donors (Lipinski definition) is 0. The summed E-state index contributed by atoms with van der Waals surface area (Å²) in [6.07, 6.45) is 1.13. The van der Waals surface area contributed by atoms with E-state index in [1.807, 2.05) is 30.9 Å². The van der Waals surface area contributed by atoms with Crippen LogP contribution in [0.1, 0.15) is 34.6 Å². The molecule has 1 aliphatic rings. The second-order valence-corrected chi connectivity index (χ2v) is 6.87. The van der Waals surface area contributed by atoms with Gasteiger partial charge in [0, 0.05) is 25.1 Å². The highest BCUT2D eigenvalue weighted by Gasteiger charge is 2.22. The normalized spacial score (nSPS) is 13.1. The van der Waals surface area contributed by atoms with Gasteiger partial charge in [-0.3, -0.25) is 4.79 Å². The molecule has 3 aromatic rings. The number of amides is 1. The average Bonchev–Trinajstić information content (AvgIpc) is 2.88. The largest absolute Gasteiger partial charge is 0.361 e. The standard InChI is InChI=1S/C22H22N2O2/c1-15-19(16(2)26-23-15)11-12-22(25)24-13-17-7-3-5-9-20(17)21-10-6-4-8-18(21)14-24/h3-10H,11-14H2,1-2H3. The number of carbonyl (C=O) groups is 1. The minimum Gasteiger partial charge on any atom is -0.361 e. The number of aromatic nitrogens is 1. The molecule has 2 heterocycles. The van der Waals surface area contributed by atoms with Gasteiger partial charge in [0.05, 0.1) is 5.69 Å². The molecule has 0 saturated heterocycles. The zero-order valence-corrected chi connectivity index (χ0v) is 15.2. The predicted octanol–water partition coefficient (Wildman–Crippen LogP) is 4.43. The Balaban J connectivity index is 1.59. The number of aryl methyl sites for hydroxylation is 2. The van der Waals surface area contributed by atoms with E-state index in [1.165, 1.54) is 22.3 Å². The van der Waals surface area contributed by atoms with Gasteiger partial charge < -0.3 is 9.42 Å². The van der Waals surface area contributed by atoms with Crippen LogP contribution in [-0.4, -0.2) is 16.0 Å². The molecule has 1 aromatic heterocycles. The molecular formula is C22H22N2O2. The summed E-state index contributed by atoms with van der Waals surface area (Å²) >= 11 is 0. The lowest BCUT2D eigenvalue weighted by Gasteiger charge is -2.21. The van der Waals surface area contributed by atoms with Gasteiger partial charge in [0.25, 0.3) is 0 Å². The number of carbonyl (C=O) groups excluding carboxylic acids is 1. The molecule has 4 rings (SSSR count). The number of hydrogen-bond acceptors (Lipinski definition) is 3. The van der Waals surface area contributed by atoms with E-state index in [9.17, 15) is 4.79 Å². The van der Waals surface area contributed by atoms with Crippen LogP contribution in [0.2, 0.25) is 0 Å². The second kappa shape index (κ2) is 6.79. The van der Waals surface area contributed by atoms with Crippen LogP contribution in [-0.2, 0) is 24.3 Å². The number of nitrogens with zero attached hydrogens (tertiary/aromatic N) is 2. The first-order valence-electron chi connectivity index (χ1n) is 8.99. The van der Waals surface area contributed by atoms with Gasteiger partial charge in [-0.1, -0.05) is 53.7 Å². The van der Waals surface area contributed by atoms with E-state index in [0.29, 0.717) is 25.9 Å². The first-order chi connectivity index (χ1) is 12.6. The molecule has 4 nitrogen and oxygen atoms in total. The fraction of sp³-hybridized carbons (Fsp3) is 0.273. The maximum absolute atomic E-state index is 13.0. The Kier molecular flexibility index (Phi) is 4.33. The smallest absolute Gasteiger partial charge is 0.223 e. The minimum absolute atomic E-state index is 0.163. The summed E-state index contributed by atoms with van der Waals surface area (Å²) in [4.78, 5) is 14.9. The van der Waals surface area contributed by atoms with E-state index in [0.717, 1.165) is 17.0 Å². The fourth-order valence-corrected chi connectivity index (χ4v) is 3.73. The zero-order valence-electron chi connectivity index (χ0n) is 15.2. The van der Waals surface area contributed by atoms with Crippen molar-refractivity contribution in [2.45, 2.75) is 39.8 Å². The molecule has 2 aromatic carbocycles. The molecule has 0 N–H and O–H groups in total. The molecule has 1 aliphatic heterocycles. The maximum atomic E-state index is 13.0. The van der Waals surface area contributed by atoms with E-state index in [2.05, 4.69) is 41.6 Å². The van der Waals surface area contributed by atoms with E-state index >= 15 is 0 Å². The van der Waals surface area contributed by atoms with Crippen LogP contribution in [0, 0.1) is 13.8 Å². The molecule has 26 heavy (non-hydrogen) atoms. The SMILES string of the molecule is Cc1noc(C)c1CCC(=O)N1Cc2ccccc2-c2ccccc2C1. The topological polar surface area (TPSA) is 46.3 Å². The third-order valence-electron chi connectivity index (χ3n) is 5.17. The van der Waals surface area contributed by atoms with Crippen molar-refractivity contribution in [2.24, 2.45) is 0 Å². The molecule has 0 radical (unpaired) electrons. The van der Waals surface area contributed by atoms with Gasteiger partial charge in [-0.2, -0.15) is 0 Å². The molecule has 0 bridgehead atoms. The molecule has 132 valence electrons. The summed E-state index contributed by atoms with van der Waals surface area (Å²) in [6.45, 7) is 5.11. The Labute approximate surface area is 153 Å². The molecule has 0 fully saturated rings. The molecule has 0 unspecified atom stereocenters. The third-order valence-corrected chi connectivity index (χ3v) is 5.17. The molecule has 1 amide bonds. The van der Waals surface area contributed by atoms with Crippen molar-refractivity contribution in [3.05, 3.63) is 76.7 Å². The van der Waals surface area contributed by atoms with E-state index < -0.39 is 0 Å². The van der Waals surface area contributed by atoms with Crippen LogP contribution in [0.15, 0.2) is 53.1 Å². The molecule has 0 aliphatic carbocycles. The van der Waals surface area contributed by atoms with Crippen molar-refractivity contribution < 1.29 is 9.32 Å². The van der Waals surface area contributed by atoms with Crippen molar-refractivity contribution in [1.29, 1.82) is 0 Å². The third kappa shape index (κ3) is 3.03. The molecule has 4 heteroatoms. The number of rotatable bonds is 3. The van der Waals surface area contributed by atoms with E-state index in [4.69, 9.17) is 4.52 Å². The van der Waals surface area contributed by atoms with Crippen molar-refractivity contribution in [2.75, 3.05) is 0 Å². The summed E-state index contributed by atoms with van der Waals surface area (Å²) in [5, 5.41) is 3.98. The highest BCUT2D eigenvalue weighted by atomic mass is 16.5. The van der Waals surface area contributed by atoms with Crippen molar-refractivity contribution in [1.82, 2.24) is 10.1 Å². The quantitative estimate of drug-likeness (QED) is 0.705. The fourth-order valence-electron chi connectivity index (χ4n) is 3.73. The van der Waals surface area contributed by atoms with Crippen LogP contribution in [0.25, 0.3) is 11.1 Å². The first kappa shape index (κ1) is 16.6. The summed E-state index contributed by atoms with van der Waals surface area (Å²) in [5.41, 5.74) is 6.77. The molecule has 0 spiro atoms. The first-order valence-corrected chi connectivity index (χ1v) is 8.99. The Morgan fingerprint density at radius 3 is 2.12 bits per heavy atom. The second-order valence-electron chi connectivity index (χ2n) is 6.87. The van der Waals surface area contributed by atoms with Gasteiger partial charge in [-0.15, -0.1) is 0 Å². The molecular weight excluding hydrogens is 324 g/mol. The van der Waals surface area contributed by atoms with E-state index in [1.54, 1.807) is 0 Å². The lowest BCUT2D eigenvalue weighted by molar-refractivity contribution is -0.132. The van der Waals surface area contributed by atoms with Gasteiger partial charge in [0.1, 0.15) is 5.76 Å². The van der Waals surface area contributed by atoms with Crippen LogP contribution in [0.5, 0.6) is 0 Å². The Morgan fingerprint density at radius 2 is 1.58 bits per heavy atom. The molecule has 0 atom stereocenters. The van der Waals surface area contributed by atoms with Crippen LogP contribution < -0.4 is 0 Å². The Bertz CT molecular complexity index is 891. The number of benzene rings is 2. The average molecular weight is 346 g/mol. The van der Waals surface area contributed by atoms with Crippen LogP contribution >= 0.6 is 0 Å². The van der Waals surface area contributed by atoms with Gasteiger partial charge in [0.15, 0.2) is 0 Å². The lowest BCUT2D eigenvalue weighted by Crippen LogP contribution is -2.29. The summed E-state index contributed by atoms with van der Waals surface area (Å²) in [6, 6.07) is 16.7. The zero-order chi connectivity index (χ0) is 18.1. The maximum Gasteiger partial charge on any atom is 0.223 e. The van der Waals surface area contributed by atoms with Crippen LogP contribution in [0.4, 0.5) is 0 Å². The highest BCUT2D eigenvalue weighted by molar-refractivity contribution is 5.79. The predicted molar refractivity (Wildman–Crippen MR) is 100 cm³/mol. The van der Waals surface area contributed by atoms with Gasteiger partial charge in [-0.05, 0) is 42.5 Å². The van der Waals surface area contributed by atoms with Crippen LogP contribution in [0.3, 0.4) is 0 Å².